The number of hydrogen-bond donors (Lipinski definition) is 1. The Balaban J connectivity index is 2.64. The second-order valence-corrected chi connectivity index (χ2v) is 6.10. The second-order valence-electron chi connectivity index (χ2n) is 4.94. The third kappa shape index (κ3) is 4.80. The topological polar surface area (TPSA) is 55.2 Å². The van der Waals surface area contributed by atoms with E-state index in [1.807, 2.05) is 0 Å². The lowest BCUT2D eigenvalue weighted by Crippen LogP contribution is -2.16. The summed E-state index contributed by atoms with van der Waals surface area (Å²) in [5, 5.41) is 14.0. The molecule has 1 rings (SSSR count). The molecular formula is C13H19IN2O2. The molecule has 18 heavy (non-hydrogen) atoms. The molecule has 0 bridgehead atoms. The van der Waals surface area contributed by atoms with Gasteiger partial charge in [0.05, 0.1) is 4.92 Å². The van der Waals surface area contributed by atoms with Crippen LogP contribution in [0.15, 0.2) is 18.2 Å². The van der Waals surface area contributed by atoms with E-state index in [4.69, 9.17) is 0 Å². The van der Waals surface area contributed by atoms with E-state index in [0.29, 0.717) is 12.0 Å². The first-order valence-electron chi connectivity index (χ1n) is 6.10. The minimum absolute atomic E-state index is 0.139. The molecule has 0 spiro atoms. The zero-order valence-corrected chi connectivity index (χ0v) is 13.1. The van der Waals surface area contributed by atoms with E-state index in [1.165, 1.54) is 6.42 Å². The van der Waals surface area contributed by atoms with Crippen LogP contribution in [0.3, 0.4) is 0 Å². The zero-order valence-electron chi connectivity index (χ0n) is 10.9. The molecule has 1 atom stereocenters. The third-order valence-electron chi connectivity index (χ3n) is 2.74. The molecule has 1 aromatic rings. The molecule has 0 saturated heterocycles. The lowest BCUT2D eigenvalue weighted by Gasteiger charge is -2.17. The maximum absolute atomic E-state index is 10.6. The van der Waals surface area contributed by atoms with Gasteiger partial charge < -0.3 is 5.32 Å². The van der Waals surface area contributed by atoms with Gasteiger partial charge in [-0.2, -0.15) is 0 Å². The number of rotatable bonds is 6. The molecule has 0 fully saturated rings. The van der Waals surface area contributed by atoms with Crippen molar-refractivity contribution in [3.63, 3.8) is 0 Å². The number of nitro groups is 1. The van der Waals surface area contributed by atoms with Gasteiger partial charge in [0.2, 0.25) is 0 Å². The average Bonchev–Trinajstić information content (AvgIpc) is 2.29. The molecule has 0 heterocycles. The van der Waals surface area contributed by atoms with Gasteiger partial charge in [0.25, 0.3) is 5.69 Å². The van der Waals surface area contributed by atoms with Crippen molar-refractivity contribution >= 4 is 34.0 Å². The van der Waals surface area contributed by atoms with Crippen molar-refractivity contribution in [2.45, 2.75) is 39.7 Å². The van der Waals surface area contributed by atoms with Gasteiger partial charge in [-0.15, -0.1) is 0 Å². The molecular weight excluding hydrogens is 343 g/mol. The molecule has 0 aromatic heterocycles. The van der Waals surface area contributed by atoms with Crippen LogP contribution in [0.1, 0.15) is 33.6 Å². The fraction of sp³-hybridized carbons (Fsp3) is 0.538. The molecule has 0 amide bonds. The van der Waals surface area contributed by atoms with Crippen LogP contribution >= 0.6 is 22.6 Å². The normalized spacial score (nSPS) is 12.5. The summed E-state index contributed by atoms with van der Waals surface area (Å²) in [7, 11) is 0. The first kappa shape index (κ1) is 15.2. The van der Waals surface area contributed by atoms with Crippen LogP contribution in [0.5, 0.6) is 0 Å². The number of nitro benzene ring substituents is 1. The van der Waals surface area contributed by atoms with Crippen LogP contribution in [-0.4, -0.2) is 11.0 Å². The van der Waals surface area contributed by atoms with Crippen molar-refractivity contribution in [2.24, 2.45) is 5.92 Å². The van der Waals surface area contributed by atoms with Crippen LogP contribution in [-0.2, 0) is 0 Å². The third-order valence-corrected chi connectivity index (χ3v) is 3.63. The Morgan fingerprint density at radius 1 is 1.33 bits per heavy atom. The van der Waals surface area contributed by atoms with Crippen LogP contribution < -0.4 is 5.32 Å². The highest BCUT2D eigenvalue weighted by molar-refractivity contribution is 14.1. The smallest absolute Gasteiger partial charge is 0.270 e. The van der Waals surface area contributed by atoms with E-state index in [-0.39, 0.29) is 10.6 Å². The van der Waals surface area contributed by atoms with Crippen molar-refractivity contribution in [3.05, 3.63) is 31.9 Å². The highest BCUT2D eigenvalue weighted by Gasteiger charge is 2.11. The molecule has 100 valence electrons. The second kappa shape index (κ2) is 6.92. The van der Waals surface area contributed by atoms with Gasteiger partial charge in [0.1, 0.15) is 0 Å². The van der Waals surface area contributed by atoms with Crippen LogP contribution in [0.4, 0.5) is 11.4 Å². The fourth-order valence-corrected chi connectivity index (χ4v) is 2.31. The van der Waals surface area contributed by atoms with Crippen LogP contribution in [0.25, 0.3) is 0 Å². The minimum Gasteiger partial charge on any atom is -0.382 e. The summed E-state index contributed by atoms with van der Waals surface area (Å²) in [5.74, 6) is 0.699. The Kier molecular flexibility index (Phi) is 5.84. The van der Waals surface area contributed by atoms with Crippen molar-refractivity contribution in [3.8, 4) is 0 Å². The molecule has 0 saturated carbocycles. The molecule has 5 heteroatoms. The van der Waals surface area contributed by atoms with E-state index in [2.05, 4.69) is 48.7 Å². The largest absolute Gasteiger partial charge is 0.382 e. The Morgan fingerprint density at radius 3 is 2.50 bits per heavy atom. The Hall–Kier alpha value is -0.850. The van der Waals surface area contributed by atoms with Crippen molar-refractivity contribution in [2.75, 3.05) is 5.32 Å². The van der Waals surface area contributed by atoms with E-state index >= 15 is 0 Å². The van der Waals surface area contributed by atoms with Crippen molar-refractivity contribution in [1.82, 2.24) is 0 Å². The number of hydrogen-bond acceptors (Lipinski definition) is 3. The lowest BCUT2D eigenvalue weighted by molar-refractivity contribution is -0.384. The first-order valence-corrected chi connectivity index (χ1v) is 7.18. The summed E-state index contributed by atoms with van der Waals surface area (Å²) < 4.78 is 0.887. The lowest BCUT2D eigenvalue weighted by atomic mass is 10.0. The quantitative estimate of drug-likeness (QED) is 0.463. The number of benzene rings is 1. The van der Waals surface area contributed by atoms with Gasteiger partial charge in [-0.1, -0.05) is 13.8 Å². The summed E-state index contributed by atoms with van der Waals surface area (Å²) in [6, 6.07) is 5.30. The predicted molar refractivity (Wildman–Crippen MR) is 83.0 cm³/mol. The highest BCUT2D eigenvalue weighted by Crippen LogP contribution is 2.24. The van der Waals surface area contributed by atoms with E-state index in [1.54, 1.807) is 18.2 Å². The molecule has 4 nitrogen and oxygen atoms in total. The van der Waals surface area contributed by atoms with E-state index in [9.17, 15) is 10.1 Å². The van der Waals surface area contributed by atoms with Crippen LogP contribution in [0.2, 0.25) is 0 Å². The average molecular weight is 362 g/mol. The van der Waals surface area contributed by atoms with Gasteiger partial charge >= 0.3 is 0 Å². The summed E-state index contributed by atoms with van der Waals surface area (Å²) in [4.78, 5) is 10.3. The first-order chi connectivity index (χ1) is 8.40. The molecule has 0 aliphatic heterocycles. The number of nitrogens with one attached hydrogen (secondary N) is 1. The highest BCUT2D eigenvalue weighted by atomic mass is 127. The summed E-state index contributed by atoms with van der Waals surface area (Å²) in [5.41, 5.74) is 1.11. The monoisotopic (exact) mass is 362 g/mol. The number of halogens is 1. The molecule has 0 aliphatic carbocycles. The fourth-order valence-electron chi connectivity index (χ4n) is 1.66. The standard InChI is InChI=1S/C13H19IN2O2/c1-9(2)4-5-10(3)15-13-7-6-11(16(17)18)8-12(13)14/h6-10,15H,4-5H2,1-3H3. The molecule has 0 aliphatic rings. The van der Waals surface area contributed by atoms with Crippen molar-refractivity contribution in [1.29, 1.82) is 0 Å². The number of anilines is 1. The Labute approximate surface area is 121 Å². The van der Waals surface area contributed by atoms with Gasteiger partial charge in [-0.25, -0.2) is 0 Å². The molecule has 1 aromatic carbocycles. The predicted octanol–water partition coefficient (Wildman–Crippen LogP) is 4.44. The maximum Gasteiger partial charge on any atom is 0.270 e. The Bertz CT molecular complexity index is 421. The van der Waals surface area contributed by atoms with Gasteiger partial charge in [-0.3, -0.25) is 10.1 Å². The van der Waals surface area contributed by atoms with Gasteiger partial charge in [0, 0.05) is 27.4 Å². The Morgan fingerprint density at radius 2 is 2.00 bits per heavy atom. The molecule has 0 radical (unpaired) electrons. The van der Waals surface area contributed by atoms with Gasteiger partial charge in [-0.05, 0) is 54.3 Å². The maximum atomic E-state index is 10.6. The van der Waals surface area contributed by atoms with E-state index < -0.39 is 0 Å². The summed E-state index contributed by atoms with van der Waals surface area (Å²) >= 11 is 2.13. The summed E-state index contributed by atoms with van der Waals surface area (Å²) in [6.45, 7) is 6.56. The summed E-state index contributed by atoms with van der Waals surface area (Å²) in [6.07, 6.45) is 2.28. The minimum atomic E-state index is -0.367. The van der Waals surface area contributed by atoms with Crippen LogP contribution in [0, 0.1) is 19.6 Å². The van der Waals surface area contributed by atoms with Gasteiger partial charge in [0.15, 0.2) is 0 Å². The van der Waals surface area contributed by atoms with E-state index in [0.717, 1.165) is 15.7 Å². The molecule has 1 N–H and O–H groups in total. The number of non-ortho nitro benzene ring substituents is 1. The zero-order chi connectivity index (χ0) is 13.7. The SMILES string of the molecule is CC(C)CCC(C)Nc1ccc([N+](=O)[O-])cc1I. The molecule has 1 unspecified atom stereocenters. The number of nitrogens with zero attached hydrogens (tertiary/aromatic N) is 1. The van der Waals surface area contributed by atoms with Crippen molar-refractivity contribution < 1.29 is 4.92 Å².